The van der Waals surface area contributed by atoms with Crippen LogP contribution in [0.25, 0.3) is 23.1 Å². The Morgan fingerprint density at radius 3 is 2.35 bits per heavy atom. The summed E-state index contributed by atoms with van der Waals surface area (Å²) in [7, 11) is 0. The van der Waals surface area contributed by atoms with Crippen LogP contribution in [0.1, 0.15) is 27.6 Å². The number of anilines is 1. The molecule has 0 spiro atoms. The zero-order valence-corrected chi connectivity index (χ0v) is 20.4. The summed E-state index contributed by atoms with van der Waals surface area (Å²) < 4.78 is 13.7. The number of ether oxygens (including phenoxy) is 1. The highest BCUT2D eigenvalue weighted by Gasteiger charge is 2.21. The third-order valence-corrected chi connectivity index (χ3v) is 5.29. The third-order valence-electron chi connectivity index (χ3n) is 5.29. The van der Waals surface area contributed by atoms with Crippen molar-refractivity contribution in [3.05, 3.63) is 89.7 Å². The summed E-state index contributed by atoms with van der Waals surface area (Å²) in [5.74, 6) is -0.0747. The van der Waals surface area contributed by atoms with Crippen LogP contribution in [0.2, 0.25) is 0 Å². The van der Waals surface area contributed by atoms with Crippen molar-refractivity contribution in [1.82, 2.24) is 29.5 Å². The minimum Gasteiger partial charge on any atom is -0.463 e. The van der Waals surface area contributed by atoms with Gasteiger partial charge in [-0.2, -0.15) is 14.9 Å². The van der Waals surface area contributed by atoms with Gasteiger partial charge in [-0.15, -0.1) is 0 Å². The normalized spacial score (nSPS) is 10.9. The van der Waals surface area contributed by atoms with Gasteiger partial charge in [-0.1, -0.05) is 18.2 Å². The first-order valence-corrected chi connectivity index (χ1v) is 11.4. The van der Waals surface area contributed by atoms with Gasteiger partial charge in [-0.05, 0) is 51.1 Å². The molecule has 37 heavy (non-hydrogen) atoms. The van der Waals surface area contributed by atoms with E-state index in [2.05, 4.69) is 25.5 Å². The Balaban J connectivity index is 1.33. The van der Waals surface area contributed by atoms with Crippen LogP contribution in [0.15, 0.2) is 71.3 Å². The summed E-state index contributed by atoms with van der Waals surface area (Å²) in [5, 5.41) is 11.6. The first-order chi connectivity index (χ1) is 17.9. The fourth-order valence-corrected chi connectivity index (χ4v) is 3.76. The van der Waals surface area contributed by atoms with E-state index in [-0.39, 0.29) is 5.69 Å². The molecule has 1 amide bonds. The van der Waals surface area contributed by atoms with Gasteiger partial charge in [-0.25, -0.2) is 19.4 Å². The van der Waals surface area contributed by atoms with Crippen molar-refractivity contribution in [3.63, 3.8) is 0 Å². The molecule has 11 heteroatoms. The summed E-state index contributed by atoms with van der Waals surface area (Å²) in [5.41, 5.74) is 3.46. The Morgan fingerprint density at radius 2 is 1.65 bits per heavy atom. The van der Waals surface area contributed by atoms with Crippen LogP contribution in [0, 0.1) is 20.8 Å². The molecule has 0 aliphatic rings. The van der Waals surface area contributed by atoms with E-state index in [0.29, 0.717) is 34.6 Å². The smallest absolute Gasteiger partial charge is 0.357 e. The maximum absolute atomic E-state index is 13.0. The summed E-state index contributed by atoms with van der Waals surface area (Å²) in [6.45, 7) is 4.97. The second kappa shape index (κ2) is 9.90. The Bertz CT molecular complexity index is 1550. The second-order valence-corrected chi connectivity index (χ2v) is 8.30. The summed E-state index contributed by atoms with van der Waals surface area (Å²) in [4.78, 5) is 34.5. The van der Waals surface area contributed by atoms with E-state index in [4.69, 9.17) is 9.15 Å². The highest BCUT2D eigenvalue weighted by atomic mass is 16.5. The van der Waals surface area contributed by atoms with Crippen LogP contribution >= 0.6 is 0 Å². The maximum atomic E-state index is 13.0. The van der Waals surface area contributed by atoms with Crippen molar-refractivity contribution in [2.75, 3.05) is 11.9 Å². The lowest BCUT2D eigenvalue weighted by atomic mass is 10.3. The Morgan fingerprint density at radius 1 is 0.892 bits per heavy atom. The van der Waals surface area contributed by atoms with Gasteiger partial charge >= 0.3 is 5.97 Å². The molecule has 0 bridgehead atoms. The van der Waals surface area contributed by atoms with Crippen LogP contribution in [-0.2, 0) is 9.53 Å². The van der Waals surface area contributed by atoms with Crippen molar-refractivity contribution >= 4 is 17.7 Å². The van der Waals surface area contributed by atoms with E-state index >= 15 is 0 Å². The van der Waals surface area contributed by atoms with Crippen molar-refractivity contribution in [3.8, 4) is 23.1 Å². The number of hydrogen-bond donors (Lipinski definition) is 1. The van der Waals surface area contributed by atoms with E-state index in [1.54, 1.807) is 43.3 Å². The van der Waals surface area contributed by atoms with Gasteiger partial charge < -0.3 is 14.5 Å². The van der Waals surface area contributed by atoms with E-state index in [0.717, 1.165) is 11.4 Å². The molecular formula is C26H23N7O4. The number of nitrogens with zero attached hydrogens (tertiary/aromatic N) is 6. The van der Waals surface area contributed by atoms with Gasteiger partial charge in [0.25, 0.3) is 11.9 Å². The second-order valence-electron chi connectivity index (χ2n) is 8.30. The minimum atomic E-state index is -0.716. The lowest BCUT2D eigenvalue weighted by molar-refractivity contribution is -0.119. The molecule has 0 unspecified atom stereocenters. The zero-order valence-electron chi connectivity index (χ0n) is 20.4. The lowest BCUT2D eigenvalue weighted by Gasteiger charge is -2.10. The minimum absolute atomic E-state index is 0.148. The largest absolute Gasteiger partial charge is 0.463 e. The molecule has 4 heterocycles. The van der Waals surface area contributed by atoms with Crippen LogP contribution in [0.3, 0.4) is 0 Å². The Kier molecular flexibility index (Phi) is 6.33. The highest BCUT2D eigenvalue weighted by molar-refractivity contribution is 5.95. The molecule has 1 aromatic carbocycles. The monoisotopic (exact) mass is 497 g/mol. The molecule has 0 saturated carbocycles. The molecule has 0 fully saturated rings. The number of benzene rings is 1. The SMILES string of the molecule is Cc1cc(C)nc(-n2nc(C)cc2NC(=O)COC(=O)c2cc(-c3ccco3)nn2-c2ccccc2)n1. The van der Waals surface area contributed by atoms with Gasteiger partial charge in [0, 0.05) is 23.5 Å². The molecule has 5 rings (SSSR count). The Hall–Kier alpha value is -5.06. The number of aryl methyl sites for hydroxylation is 3. The van der Waals surface area contributed by atoms with Gasteiger partial charge in [0.1, 0.15) is 11.5 Å². The number of rotatable bonds is 7. The molecule has 0 saturated heterocycles. The predicted molar refractivity (Wildman–Crippen MR) is 134 cm³/mol. The number of amides is 1. The number of nitrogens with one attached hydrogen (secondary N) is 1. The third kappa shape index (κ3) is 5.15. The molecule has 186 valence electrons. The lowest BCUT2D eigenvalue weighted by Crippen LogP contribution is -2.23. The number of carbonyl (C=O) groups excluding carboxylic acids is 2. The number of carbonyl (C=O) groups is 2. The first kappa shape index (κ1) is 23.7. The molecular weight excluding hydrogens is 474 g/mol. The molecule has 1 N–H and O–H groups in total. The van der Waals surface area contributed by atoms with Gasteiger partial charge in [0.15, 0.2) is 18.1 Å². The van der Waals surface area contributed by atoms with E-state index in [9.17, 15) is 9.59 Å². The fraction of sp³-hybridized carbons (Fsp3) is 0.154. The standard InChI is InChI=1S/C26H23N7O4/c1-16-12-17(2)28-26(27-16)33-23(13-18(3)30-33)29-24(34)15-37-25(35)21-14-20(22-10-7-11-36-22)31-32(21)19-8-5-4-6-9-19/h4-14H,15H2,1-3H3,(H,29,34). The average molecular weight is 498 g/mol. The fourth-order valence-electron chi connectivity index (χ4n) is 3.76. The number of hydrogen-bond acceptors (Lipinski definition) is 8. The van der Waals surface area contributed by atoms with Gasteiger partial charge in [0.05, 0.1) is 17.6 Å². The molecule has 5 aromatic rings. The highest BCUT2D eigenvalue weighted by Crippen LogP contribution is 2.23. The number of esters is 1. The average Bonchev–Trinajstić information content (AvgIpc) is 3.62. The van der Waals surface area contributed by atoms with Crippen molar-refractivity contribution in [2.45, 2.75) is 20.8 Å². The van der Waals surface area contributed by atoms with Crippen molar-refractivity contribution in [2.24, 2.45) is 0 Å². The van der Waals surface area contributed by atoms with E-state index < -0.39 is 18.5 Å². The molecule has 0 radical (unpaired) electrons. The van der Waals surface area contributed by atoms with Crippen LogP contribution in [0.4, 0.5) is 5.82 Å². The van der Waals surface area contributed by atoms with Crippen molar-refractivity contribution in [1.29, 1.82) is 0 Å². The molecule has 0 atom stereocenters. The predicted octanol–water partition coefficient (Wildman–Crippen LogP) is 3.83. The van der Waals surface area contributed by atoms with Gasteiger partial charge in [-0.3, -0.25) is 4.79 Å². The van der Waals surface area contributed by atoms with Crippen LogP contribution in [-0.4, -0.2) is 48.0 Å². The quantitative estimate of drug-likeness (QED) is 0.336. The van der Waals surface area contributed by atoms with Crippen molar-refractivity contribution < 1.29 is 18.7 Å². The molecule has 0 aliphatic heterocycles. The van der Waals surface area contributed by atoms with Gasteiger partial charge in [0.2, 0.25) is 0 Å². The van der Waals surface area contributed by atoms with E-state index in [1.807, 2.05) is 38.1 Å². The molecule has 0 aliphatic carbocycles. The first-order valence-electron chi connectivity index (χ1n) is 11.4. The number of furan rings is 1. The van der Waals surface area contributed by atoms with Crippen LogP contribution in [0.5, 0.6) is 0 Å². The summed E-state index contributed by atoms with van der Waals surface area (Å²) in [6, 6.07) is 17.7. The molecule has 11 nitrogen and oxygen atoms in total. The zero-order chi connectivity index (χ0) is 25.9. The Labute approximate surface area is 211 Å². The van der Waals surface area contributed by atoms with E-state index in [1.165, 1.54) is 15.6 Å². The summed E-state index contributed by atoms with van der Waals surface area (Å²) in [6.07, 6.45) is 1.52. The topological polar surface area (TPSA) is 130 Å². The molecule has 4 aromatic heterocycles. The summed E-state index contributed by atoms with van der Waals surface area (Å²) >= 11 is 0. The maximum Gasteiger partial charge on any atom is 0.357 e. The number of aromatic nitrogens is 6. The number of para-hydroxylation sites is 1. The van der Waals surface area contributed by atoms with Crippen LogP contribution < -0.4 is 5.32 Å².